The number of aromatic nitrogens is 2. The molecule has 1 atom stereocenters. The van der Waals surface area contributed by atoms with Crippen LogP contribution in [0.5, 0.6) is 0 Å². The molecule has 3 aromatic rings. The summed E-state index contributed by atoms with van der Waals surface area (Å²) in [6.07, 6.45) is 1.82. The lowest BCUT2D eigenvalue weighted by atomic mass is 9.96. The molecule has 1 amide bonds. The first-order valence-electron chi connectivity index (χ1n) is 9.28. The largest absolute Gasteiger partial charge is 0.347 e. The summed E-state index contributed by atoms with van der Waals surface area (Å²) in [5, 5.41) is 8.82. The molecule has 0 bridgehead atoms. The van der Waals surface area contributed by atoms with E-state index in [9.17, 15) is 9.18 Å². The highest BCUT2D eigenvalue weighted by Crippen LogP contribution is 2.22. The zero-order valence-corrected chi connectivity index (χ0v) is 16.1. The van der Waals surface area contributed by atoms with E-state index in [1.165, 1.54) is 23.5 Å². The highest BCUT2D eigenvalue weighted by molar-refractivity contribution is 7.13. The molecule has 1 fully saturated rings. The summed E-state index contributed by atoms with van der Waals surface area (Å²) in [4.78, 5) is 20.1. The number of hydrogen-bond acceptors (Lipinski definition) is 6. The lowest BCUT2D eigenvalue weighted by molar-refractivity contribution is -0.127. The number of carbonyl (C=O) groups is 1. The highest BCUT2D eigenvalue weighted by atomic mass is 32.1. The van der Waals surface area contributed by atoms with Gasteiger partial charge >= 0.3 is 0 Å². The van der Waals surface area contributed by atoms with Gasteiger partial charge in [0, 0.05) is 13.1 Å². The van der Waals surface area contributed by atoms with Gasteiger partial charge in [-0.15, -0.1) is 11.3 Å². The molecule has 8 heteroatoms. The van der Waals surface area contributed by atoms with E-state index in [4.69, 9.17) is 4.52 Å². The molecule has 0 spiro atoms. The Balaban J connectivity index is 1.29. The Bertz CT molecular complexity index is 911. The van der Waals surface area contributed by atoms with Gasteiger partial charge in [-0.2, -0.15) is 4.98 Å². The molecule has 0 radical (unpaired) electrons. The van der Waals surface area contributed by atoms with Crippen LogP contribution in [0.2, 0.25) is 0 Å². The first-order chi connectivity index (χ1) is 13.7. The standard InChI is InChI=1S/C20H21FN4O2S/c21-16-7-5-14(6-8-16)12-25-9-1-3-15(13-25)20(26)22-11-18-23-19(24-27-18)17-4-2-10-28-17/h2,4-8,10,15H,1,3,9,11-13H2,(H,22,26)/t15-/m1/s1. The summed E-state index contributed by atoms with van der Waals surface area (Å²) in [6.45, 7) is 2.58. The second-order valence-corrected chi connectivity index (χ2v) is 7.86. The number of nitrogens with one attached hydrogen (secondary N) is 1. The number of amides is 1. The van der Waals surface area contributed by atoms with Crippen molar-refractivity contribution in [1.29, 1.82) is 0 Å². The minimum absolute atomic E-state index is 0.000297. The first kappa shape index (κ1) is 18.8. The van der Waals surface area contributed by atoms with E-state index >= 15 is 0 Å². The van der Waals surface area contributed by atoms with Crippen molar-refractivity contribution in [2.75, 3.05) is 13.1 Å². The molecule has 2 aromatic heterocycles. The van der Waals surface area contributed by atoms with E-state index in [-0.39, 0.29) is 24.2 Å². The smallest absolute Gasteiger partial charge is 0.246 e. The number of halogens is 1. The molecule has 1 aliphatic rings. The summed E-state index contributed by atoms with van der Waals surface area (Å²) in [5.41, 5.74) is 1.05. The van der Waals surface area contributed by atoms with Crippen LogP contribution in [-0.4, -0.2) is 34.0 Å². The summed E-state index contributed by atoms with van der Waals surface area (Å²) in [7, 11) is 0. The predicted octanol–water partition coefficient (Wildman–Crippen LogP) is 3.47. The van der Waals surface area contributed by atoms with E-state index in [0.29, 0.717) is 18.3 Å². The van der Waals surface area contributed by atoms with Gasteiger partial charge in [-0.25, -0.2) is 4.39 Å². The van der Waals surface area contributed by atoms with Crippen LogP contribution >= 0.6 is 11.3 Å². The monoisotopic (exact) mass is 400 g/mol. The van der Waals surface area contributed by atoms with E-state index in [2.05, 4.69) is 20.4 Å². The molecular formula is C20H21FN4O2S. The fourth-order valence-electron chi connectivity index (χ4n) is 3.40. The zero-order chi connectivity index (χ0) is 19.3. The van der Waals surface area contributed by atoms with Gasteiger partial charge < -0.3 is 9.84 Å². The molecule has 0 aliphatic carbocycles. The fraction of sp³-hybridized carbons (Fsp3) is 0.350. The number of rotatable bonds is 6. The minimum atomic E-state index is -0.233. The van der Waals surface area contributed by atoms with Gasteiger partial charge in [0.15, 0.2) is 0 Å². The Labute approximate surface area is 166 Å². The average molecular weight is 400 g/mol. The number of carbonyl (C=O) groups excluding carboxylic acids is 1. The van der Waals surface area contributed by atoms with Gasteiger partial charge in [0.1, 0.15) is 5.82 Å². The quantitative estimate of drug-likeness (QED) is 0.686. The first-order valence-corrected chi connectivity index (χ1v) is 10.2. The number of likely N-dealkylation sites (tertiary alicyclic amines) is 1. The van der Waals surface area contributed by atoms with Crippen molar-refractivity contribution in [3.05, 3.63) is 59.0 Å². The third kappa shape index (κ3) is 4.63. The lowest BCUT2D eigenvalue weighted by Gasteiger charge is -2.31. The van der Waals surface area contributed by atoms with Crippen molar-refractivity contribution in [1.82, 2.24) is 20.4 Å². The maximum absolute atomic E-state index is 13.1. The SMILES string of the molecule is O=C(NCc1nc(-c2cccs2)no1)[C@@H]1CCCN(Cc2ccc(F)cc2)C1. The lowest BCUT2D eigenvalue weighted by Crippen LogP contribution is -2.42. The van der Waals surface area contributed by atoms with Crippen LogP contribution in [0, 0.1) is 11.7 Å². The summed E-state index contributed by atoms with van der Waals surface area (Å²) < 4.78 is 18.3. The van der Waals surface area contributed by atoms with Gasteiger partial charge in [-0.1, -0.05) is 23.4 Å². The Kier molecular flexibility index (Phi) is 5.78. The molecular weight excluding hydrogens is 379 g/mol. The van der Waals surface area contributed by atoms with Gasteiger partial charge in [0.2, 0.25) is 17.6 Å². The predicted molar refractivity (Wildman–Crippen MR) is 104 cm³/mol. The van der Waals surface area contributed by atoms with E-state index in [1.54, 1.807) is 12.1 Å². The molecule has 6 nitrogen and oxygen atoms in total. The van der Waals surface area contributed by atoms with Crippen molar-refractivity contribution < 1.29 is 13.7 Å². The van der Waals surface area contributed by atoms with Crippen LogP contribution in [0.15, 0.2) is 46.3 Å². The maximum Gasteiger partial charge on any atom is 0.246 e. The molecule has 146 valence electrons. The van der Waals surface area contributed by atoms with Gasteiger partial charge in [0.25, 0.3) is 0 Å². The Morgan fingerprint density at radius 1 is 1.32 bits per heavy atom. The van der Waals surface area contributed by atoms with Crippen molar-refractivity contribution >= 4 is 17.2 Å². The summed E-state index contributed by atoms with van der Waals surface area (Å²) in [6, 6.07) is 10.4. The van der Waals surface area contributed by atoms with Crippen molar-refractivity contribution in [3.8, 4) is 10.7 Å². The molecule has 1 aromatic carbocycles. The minimum Gasteiger partial charge on any atom is -0.347 e. The maximum atomic E-state index is 13.1. The van der Waals surface area contributed by atoms with Crippen LogP contribution < -0.4 is 5.32 Å². The number of piperidine rings is 1. The number of nitrogens with zero attached hydrogens (tertiary/aromatic N) is 3. The van der Waals surface area contributed by atoms with Crippen LogP contribution in [-0.2, 0) is 17.9 Å². The van der Waals surface area contributed by atoms with Gasteiger partial charge in [0.05, 0.1) is 17.3 Å². The van der Waals surface area contributed by atoms with E-state index < -0.39 is 0 Å². The van der Waals surface area contributed by atoms with Crippen LogP contribution in [0.1, 0.15) is 24.3 Å². The number of benzene rings is 1. The Hall–Kier alpha value is -2.58. The molecule has 0 unspecified atom stereocenters. The third-order valence-electron chi connectivity index (χ3n) is 4.82. The highest BCUT2D eigenvalue weighted by Gasteiger charge is 2.26. The van der Waals surface area contributed by atoms with Crippen molar-refractivity contribution in [2.24, 2.45) is 5.92 Å². The second-order valence-electron chi connectivity index (χ2n) is 6.91. The van der Waals surface area contributed by atoms with Crippen molar-refractivity contribution in [2.45, 2.75) is 25.9 Å². The van der Waals surface area contributed by atoms with Gasteiger partial charge in [-0.05, 0) is 48.5 Å². The molecule has 1 N–H and O–H groups in total. The molecule has 3 heterocycles. The van der Waals surface area contributed by atoms with Crippen LogP contribution in [0.4, 0.5) is 4.39 Å². The normalized spacial score (nSPS) is 17.5. The Morgan fingerprint density at radius 2 is 2.18 bits per heavy atom. The number of thiophene rings is 1. The summed E-state index contributed by atoms with van der Waals surface area (Å²) >= 11 is 1.54. The second kappa shape index (κ2) is 8.62. The fourth-order valence-corrected chi connectivity index (χ4v) is 4.05. The van der Waals surface area contributed by atoms with Gasteiger partial charge in [-0.3, -0.25) is 9.69 Å². The van der Waals surface area contributed by atoms with E-state index in [0.717, 1.165) is 36.4 Å². The van der Waals surface area contributed by atoms with Crippen LogP contribution in [0.25, 0.3) is 10.7 Å². The average Bonchev–Trinajstić information content (AvgIpc) is 3.40. The zero-order valence-electron chi connectivity index (χ0n) is 15.3. The molecule has 1 saturated heterocycles. The molecule has 1 aliphatic heterocycles. The van der Waals surface area contributed by atoms with E-state index in [1.807, 2.05) is 17.5 Å². The summed E-state index contributed by atoms with van der Waals surface area (Å²) in [5.74, 6) is 0.634. The molecule has 0 saturated carbocycles. The third-order valence-corrected chi connectivity index (χ3v) is 5.69. The molecule has 28 heavy (non-hydrogen) atoms. The van der Waals surface area contributed by atoms with Crippen LogP contribution in [0.3, 0.4) is 0 Å². The topological polar surface area (TPSA) is 71.3 Å². The van der Waals surface area contributed by atoms with Crippen molar-refractivity contribution in [3.63, 3.8) is 0 Å². The number of hydrogen-bond donors (Lipinski definition) is 1. The molecule has 4 rings (SSSR count). The Morgan fingerprint density at radius 3 is 2.96 bits per heavy atom.